The fraction of sp³-hybridized carbons (Fsp3) is 0.550. The van der Waals surface area contributed by atoms with E-state index in [1.807, 2.05) is 11.9 Å². The van der Waals surface area contributed by atoms with E-state index in [0.29, 0.717) is 31.9 Å². The van der Waals surface area contributed by atoms with Crippen LogP contribution in [0.4, 0.5) is 37.7 Å². The molecule has 1 aliphatic heterocycles. The predicted molar refractivity (Wildman–Crippen MR) is 108 cm³/mol. The quantitative estimate of drug-likeness (QED) is 0.338. The minimum absolute atomic E-state index is 0.183. The highest BCUT2D eigenvalue weighted by molar-refractivity contribution is 6.07. The molecule has 1 aromatic rings. The smallest absolute Gasteiger partial charge is 0.383 e. The third-order valence-corrected chi connectivity index (χ3v) is 5.11. The second-order valence-corrected chi connectivity index (χ2v) is 7.63. The molecule has 1 amide bonds. The molecule has 2 rings (SSSR count). The molecule has 14 heteroatoms. The van der Waals surface area contributed by atoms with Crippen molar-refractivity contribution >= 4 is 29.2 Å². The average molecular weight is 499 g/mol. The number of halogens is 6. The van der Waals surface area contributed by atoms with Crippen LogP contribution < -0.4 is 9.80 Å². The summed E-state index contributed by atoms with van der Waals surface area (Å²) in [6.07, 6.45) is -11.8. The van der Waals surface area contributed by atoms with Gasteiger partial charge in [-0.15, -0.1) is 0 Å². The van der Waals surface area contributed by atoms with Gasteiger partial charge in [0.05, 0.1) is 23.9 Å². The van der Waals surface area contributed by atoms with Gasteiger partial charge in [-0.1, -0.05) is 0 Å². The van der Waals surface area contributed by atoms with Crippen LogP contribution >= 0.6 is 0 Å². The van der Waals surface area contributed by atoms with Gasteiger partial charge in [-0.3, -0.25) is 4.79 Å². The maximum atomic E-state index is 13.4. The van der Waals surface area contributed by atoms with Crippen molar-refractivity contribution in [2.45, 2.75) is 25.4 Å². The molecule has 1 aliphatic rings. The Morgan fingerprint density at radius 3 is 2.12 bits per heavy atom. The van der Waals surface area contributed by atoms with Crippen molar-refractivity contribution in [3.63, 3.8) is 0 Å². The largest absolute Gasteiger partial charge is 0.491 e. The van der Waals surface area contributed by atoms with E-state index in [0.717, 1.165) is 12.1 Å². The van der Waals surface area contributed by atoms with Gasteiger partial charge in [-0.05, 0) is 32.2 Å². The number of nitrogens with zero attached hydrogens (tertiary/aromatic N) is 3. The third kappa shape index (κ3) is 6.82. The highest BCUT2D eigenvalue weighted by Crippen LogP contribution is 2.32. The van der Waals surface area contributed by atoms with E-state index in [9.17, 15) is 40.7 Å². The summed E-state index contributed by atoms with van der Waals surface area (Å²) in [5, 5.41) is 0. The van der Waals surface area contributed by atoms with E-state index < -0.39 is 54.1 Å². The van der Waals surface area contributed by atoms with Crippen LogP contribution in [0.25, 0.3) is 0 Å². The summed E-state index contributed by atoms with van der Waals surface area (Å²) in [6, 6.07) is 3.29. The molecule has 1 saturated heterocycles. The molecule has 0 spiro atoms. The highest BCUT2D eigenvalue weighted by atomic mass is 19.4. The molecule has 0 N–H and O–H groups in total. The number of likely N-dealkylation sites (N-methyl/N-ethyl adjacent to an activating group) is 1. The first-order valence-corrected chi connectivity index (χ1v) is 9.97. The molecule has 0 aliphatic carbocycles. The Balaban J connectivity index is 2.58. The van der Waals surface area contributed by atoms with Crippen LogP contribution in [0, 0.1) is 0 Å². The van der Waals surface area contributed by atoms with E-state index in [1.54, 1.807) is 4.90 Å². The van der Waals surface area contributed by atoms with Gasteiger partial charge in [0, 0.05) is 39.0 Å². The van der Waals surface area contributed by atoms with Crippen molar-refractivity contribution in [3.8, 4) is 0 Å². The molecule has 34 heavy (non-hydrogen) atoms. The third-order valence-electron chi connectivity index (χ3n) is 5.11. The molecule has 1 atom stereocenters. The number of benzene rings is 1. The van der Waals surface area contributed by atoms with Gasteiger partial charge >= 0.3 is 30.2 Å². The van der Waals surface area contributed by atoms with Gasteiger partial charge in [0.15, 0.2) is 0 Å². The lowest BCUT2D eigenvalue weighted by atomic mass is 10.1. The van der Waals surface area contributed by atoms with Crippen molar-refractivity contribution in [1.82, 2.24) is 4.90 Å². The van der Waals surface area contributed by atoms with Crippen molar-refractivity contribution in [2.24, 2.45) is 0 Å². The molecule has 0 aromatic heterocycles. The summed E-state index contributed by atoms with van der Waals surface area (Å²) in [4.78, 5) is 39.7. The molecule has 190 valence electrons. The van der Waals surface area contributed by atoms with Crippen molar-refractivity contribution in [2.75, 3.05) is 56.7 Å². The zero-order valence-corrected chi connectivity index (χ0v) is 18.5. The van der Waals surface area contributed by atoms with Gasteiger partial charge in [-0.2, -0.15) is 26.3 Å². The van der Waals surface area contributed by atoms with Crippen molar-refractivity contribution in [3.05, 3.63) is 23.8 Å². The molecule has 1 fully saturated rings. The van der Waals surface area contributed by atoms with Gasteiger partial charge in [0.1, 0.15) is 0 Å². The Kier molecular flexibility index (Phi) is 8.53. The fourth-order valence-electron chi connectivity index (χ4n) is 3.15. The first-order chi connectivity index (χ1) is 15.6. The minimum Gasteiger partial charge on any atom is -0.383 e. The summed E-state index contributed by atoms with van der Waals surface area (Å²) in [5.74, 6) is -7.07. The molecular weight excluding hydrogens is 476 g/mol. The Hall–Kier alpha value is -2.87. The Morgan fingerprint density at radius 1 is 1.03 bits per heavy atom. The van der Waals surface area contributed by atoms with Crippen molar-refractivity contribution in [1.29, 1.82) is 0 Å². The summed E-state index contributed by atoms with van der Waals surface area (Å²) in [7, 11) is 3.05. The molecule has 0 saturated carbocycles. The number of carbonyl (C=O) groups excluding carboxylic acids is 3. The van der Waals surface area contributed by atoms with E-state index in [4.69, 9.17) is 4.74 Å². The van der Waals surface area contributed by atoms with Gasteiger partial charge < -0.3 is 24.2 Å². The number of methoxy groups -OCH3 is 1. The molecule has 0 radical (unpaired) electrons. The van der Waals surface area contributed by atoms with Crippen molar-refractivity contribution < 1.29 is 50.2 Å². The fourth-order valence-corrected chi connectivity index (χ4v) is 3.15. The van der Waals surface area contributed by atoms with Gasteiger partial charge in [0.2, 0.25) is 0 Å². The van der Waals surface area contributed by atoms with Crippen LogP contribution in [-0.4, -0.2) is 88.1 Å². The molecule has 0 unspecified atom stereocenters. The molecular formula is C20H23F6N3O5. The van der Waals surface area contributed by atoms with Crippen LogP contribution in [-0.2, 0) is 19.1 Å². The first kappa shape index (κ1) is 27.4. The number of hydrogen-bond acceptors (Lipinski definition) is 7. The number of anilines is 2. The monoisotopic (exact) mass is 499 g/mol. The predicted octanol–water partition coefficient (Wildman–Crippen LogP) is 2.61. The number of piperazine rings is 1. The maximum absolute atomic E-state index is 13.4. The molecule has 0 bridgehead atoms. The van der Waals surface area contributed by atoms with Crippen LogP contribution in [0.1, 0.15) is 17.3 Å². The average Bonchev–Trinajstić information content (AvgIpc) is 2.75. The van der Waals surface area contributed by atoms with Crippen LogP contribution in [0.3, 0.4) is 0 Å². The Bertz CT molecular complexity index is 913. The number of esters is 2. The molecule has 1 heterocycles. The van der Waals surface area contributed by atoms with Gasteiger partial charge in [-0.25, -0.2) is 9.59 Å². The Labute approximate surface area is 191 Å². The topological polar surface area (TPSA) is 79.4 Å². The lowest BCUT2D eigenvalue weighted by Crippen LogP contribution is -2.46. The van der Waals surface area contributed by atoms with E-state index in [1.165, 1.54) is 20.1 Å². The normalized spacial score (nSPS) is 16.2. The number of ether oxygens (including phenoxy) is 2. The second-order valence-electron chi connectivity index (χ2n) is 7.63. The summed E-state index contributed by atoms with van der Waals surface area (Å²) in [6.45, 7) is 2.83. The van der Waals surface area contributed by atoms with E-state index >= 15 is 0 Å². The minimum atomic E-state index is -5.51. The van der Waals surface area contributed by atoms with E-state index in [-0.39, 0.29) is 4.90 Å². The molecule has 1 aromatic carbocycles. The number of alkyl halides is 6. The SMILES string of the molecule is CO[C@@H](C)CN(C(=O)C(F)(F)F)c1cc(N2CCN(C)CC2)ccc1C(=O)OC(=O)C(F)(F)F. The van der Waals surface area contributed by atoms with Crippen LogP contribution in [0.5, 0.6) is 0 Å². The number of hydrogen-bond donors (Lipinski definition) is 0. The summed E-state index contributed by atoms with van der Waals surface area (Å²) >= 11 is 0. The highest BCUT2D eigenvalue weighted by Gasteiger charge is 2.46. The second kappa shape index (κ2) is 10.6. The summed E-state index contributed by atoms with van der Waals surface area (Å²) < 4.78 is 86.5. The standard InChI is InChI=1S/C20H23F6N3O5/c1-12(33-3)11-29(17(31)19(21,22)23)15-10-13(28-8-6-27(2)7-9-28)4-5-14(15)16(30)34-18(32)20(24,25)26/h4-5,10,12H,6-9,11H2,1-3H3/t12-/m0/s1. The zero-order valence-electron chi connectivity index (χ0n) is 18.5. The lowest BCUT2D eigenvalue weighted by Gasteiger charge is -2.35. The zero-order chi connectivity index (χ0) is 25.8. The Morgan fingerprint density at radius 2 is 1.62 bits per heavy atom. The van der Waals surface area contributed by atoms with Crippen LogP contribution in [0.2, 0.25) is 0 Å². The summed E-state index contributed by atoms with van der Waals surface area (Å²) in [5.41, 5.74) is -1.16. The maximum Gasteiger partial charge on any atom is 0.491 e. The molecule has 8 nitrogen and oxygen atoms in total. The van der Waals surface area contributed by atoms with E-state index in [2.05, 4.69) is 4.74 Å². The number of rotatable bonds is 6. The first-order valence-electron chi connectivity index (χ1n) is 9.97. The van der Waals surface area contributed by atoms with Crippen LogP contribution in [0.15, 0.2) is 18.2 Å². The number of amides is 1. The lowest BCUT2D eigenvalue weighted by molar-refractivity contribution is -0.193. The van der Waals surface area contributed by atoms with Gasteiger partial charge in [0.25, 0.3) is 0 Å². The number of carbonyl (C=O) groups is 3.